The van der Waals surface area contributed by atoms with Gasteiger partial charge in [-0.2, -0.15) is 0 Å². The van der Waals surface area contributed by atoms with Gasteiger partial charge in [0, 0.05) is 24.2 Å². The molecule has 17 heavy (non-hydrogen) atoms. The summed E-state index contributed by atoms with van der Waals surface area (Å²) in [5, 5.41) is 0. The fraction of sp³-hybridized carbons (Fsp3) is 1.00. The molecule has 0 nitrogen and oxygen atoms in total. The van der Waals surface area contributed by atoms with E-state index in [1.54, 1.807) is 0 Å². The third kappa shape index (κ3) is 2.93. The van der Waals surface area contributed by atoms with E-state index in [4.69, 9.17) is 0 Å². The molecule has 0 aromatic heterocycles. The van der Waals surface area contributed by atoms with Crippen LogP contribution in [0.15, 0.2) is 0 Å². The highest BCUT2D eigenvalue weighted by atomic mass is 79.9. The van der Waals surface area contributed by atoms with Crippen molar-refractivity contribution in [2.24, 2.45) is 0 Å². The summed E-state index contributed by atoms with van der Waals surface area (Å²) in [5.74, 6) is 0. The molecule has 0 aromatic carbocycles. The average Bonchev–Trinajstić information content (AvgIpc) is 1.67. The number of hydrogen-bond donors (Lipinski definition) is 0. The molecule has 0 aliphatic heterocycles. The van der Waals surface area contributed by atoms with Gasteiger partial charge in [-0.1, -0.05) is 72.0 Å². The smallest absolute Gasteiger partial charge is 0.122 e. The van der Waals surface area contributed by atoms with Gasteiger partial charge in [0.15, 0.2) is 0 Å². The molecule has 0 aromatic rings. The highest BCUT2D eigenvalue weighted by Gasteiger charge is 2.66. The van der Waals surface area contributed by atoms with Crippen molar-refractivity contribution in [3.05, 3.63) is 0 Å². The van der Waals surface area contributed by atoms with Crippen LogP contribution < -0.4 is 0 Å². The molecule has 0 unspecified atom stereocenters. The molecule has 104 valence electrons. The molecule has 0 bridgehead atoms. The van der Waals surface area contributed by atoms with Crippen molar-refractivity contribution >= 4 is 46.2 Å². The van der Waals surface area contributed by atoms with Crippen LogP contribution in [-0.2, 0) is 0 Å². The monoisotopic (exact) mass is 368 g/mol. The SMILES string of the molecule is C[Si](C)(C)C([Si](C)(C)C)([Si](C)(C)C)[Si](C)(C)Br. The third-order valence-corrected chi connectivity index (χ3v) is 43.8. The summed E-state index contributed by atoms with van der Waals surface area (Å²) in [7, 11) is -3.61. The highest BCUT2D eigenvalue weighted by Crippen LogP contribution is 2.61. The molecule has 0 aliphatic rings. The lowest BCUT2D eigenvalue weighted by Gasteiger charge is -2.64. The van der Waals surface area contributed by atoms with Crippen LogP contribution >= 0.6 is 15.3 Å². The second-order valence-electron chi connectivity index (χ2n) is 8.97. The van der Waals surface area contributed by atoms with Gasteiger partial charge in [0.05, 0.1) is 0 Å². The van der Waals surface area contributed by atoms with Crippen molar-refractivity contribution in [1.82, 2.24) is 0 Å². The molecular weight excluding hydrogens is 336 g/mol. The molecule has 0 saturated carbocycles. The van der Waals surface area contributed by atoms with E-state index < -0.39 is 30.9 Å². The first-order valence-electron chi connectivity index (χ1n) is 6.69. The fourth-order valence-electron chi connectivity index (χ4n) is 6.05. The van der Waals surface area contributed by atoms with Gasteiger partial charge < -0.3 is 0 Å². The zero-order valence-electron chi connectivity index (χ0n) is 13.9. The number of halogens is 1. The highest BCUT2D eigenvalue weighted by molar-refractivity contribution is 9.26. The van der Waals surface area contributed by atoms with Crippen LogP contribution in [0.5, 0.6) is 0 Å². The van der Waals surface area contributed by atoms with Crippen molar-refractivity contribution in [2.75, 3.05) is 0 Å². The molecule has 0 heterocycles. The molecule has 0 aliphatic carbocycles. The minimum absolute atomic E-state index is 0.722. The van der Waals surface area contributed by atoms with Crippen LogP contribution in [0.25, 0.3) is 0 Å². The molecule has 0 spiro atoms. The predicted octanol–water partition coefficient (Wildman–Crippen LogP) is 5.96. The predicted molar refractivity (Wildman–Crippen MR) is 99.1 cm³/mol. The van der Waals surface area contributed by atoms with E-state index in [2.05, 4.69) is 87.3 Å². The Hall–Kier alpha value is 1.35. The largest absolute Gasteiger partial charge is 0.127 e. The van der Waals surface area contributed by atoms with Crippen LogP contribution in [0, 0.1) is 0 Å². The van der Waals surface area contributed by atoms with Gasteiger partial charge in [0.1, 0.15) is 6.69 Å². The van der Waals surface area contributed by atoms with E-state index in [0.29, 0.717) is 0 Å². The molecule has 0 rings (SSSR count). The molecule has 0 atom stereocenters. The first-order valence-corrected chi connectivity index (χ1v) is 22.4. The number of rotatable bonds is 4. The Morgan fingerprint density at radius 1 is 0.529 bits per heavy atom. The van der Waals surface area contributed by atoms with Gasteiger partial charge in [-0.3, -0.25) is 0 Å². The van der Waals surface area contributed by atoms with E-state index in [9.17, 15) is 0 Å². The Labute approximate surface area is 122 Å². The van der Waals surface area contributed by atoms with Crippen LogP contribution in [0.2, 0.25) is 75.9 Å². The van der Waals surface area contributed by atoms with Crippen LogP contribution in [0.4, 0.5) is 0 Å². The van der Waals surface area contributed by atoms with Crippen molar-refractivity contribution < 1.29 is 0 Å². The normalized spacial score (nSPS) is 16.2. The zero-order chi connectivity index (χ0) is 14.5. The Balaban J connectivity index is 6.37. The molecule has 0 N–H and O–H groups in total. The summed E-state index contributed by atoms with van der Waals surface area (Å²) in [4.78, 5) is 0. The van der Waals surface area contributed by atoms with Gasteiger partial charge >= 0.3 is 0 Å². The van der Waals surface area contributed by atoms with Crippen molar-refractivity contribution in [3.63, 3.8) is 0 Å². The van der Waals surface area contributed by atoms with E-state index in [1.165, 1.54) is 0 Å². The van der Waals surface area contributed by atoms with Gasteiger partial charge in [-0.05, 0) is 3.91 Å². The summed E-state index contributed by atoms with van der Waals surface area (Å²) in [6.07, 6.45) is 0. The lowest BCUT2D eigenvalue weighted by molar-refractivity contribution is 1.20. The van der Waals surface area contributed by atoms with Crippen molar-refractivity contribution in [2.45, 2.75) is 75.9 Å². The average molecular weight is 370 g/mol. The summed E-state index contributed by atoms with van der Waals surface area (Å²) in [5.41, 5.74) is 0. The second-order valence-corrected chi connectivity index (χ2v) is 37.4. The maximum Gasteiger partial charge on any atom is 0.122 e. The van der Waals surface area contributed by atoms with Gasteiger partial charge in [-0.25, -0.2) is 0 Å². The Morgan fingerprint density at radius 3 is 0.706 bits per heavy atom. The molecule has 0 radical (unpaired) electrons. The maximum absolute atomic E-state index is 4.25. The summed E-state index contributed by atoms with van der Waals surface area (Å²) < 4.78 is 0.722. The molecular formula is C12H33BrSi4. The second kappa shape index (κ2) is 4.72. The first-order chi connectivity index (χ1) is 7.00. The quantitative estimate of drug-likeness (QED) is 0.424. The van der Waals surface area contributed by atoms with E-state index in [0.717, 1.165) is 3.91 Å². The summed E-state index contributed by atoms with van der Waals surface area (Å²) in [6.45, 7) is 27.4. The number of hydrogen-bond acceptors (Lipinski definition) is 0. The molecule has 5 heteroatoms. The maximum atomic E-state index is 4.25. The lowest BCUT2D eigenvalue weighted by Crippen LogP contribution is -2.74. The molecule has 0 fully saturated rings. The Morgan fingerprint density at radius 2 is 0.706 bits per heavy atom. The Bertz CT molecular complexity index is 211. The van der Waals surface area contributed by atoms with E-state index in [1.807, 2.05) is 0 Å². The standard InChI is InChI=1S/C12H33BrSi4/c1-14(2,3)12(15(4,5)6,16(7,8)9)17(10,11)13/h1-11H3. The van der Waals surface area contributed by atoms with E-state index in [-0.39, 0.29) is 0 Å². The molecule has 0 amide bonds. The summed E-state index contributed by atoms with van der Waals surface area (Å²) >= 11 is 4.25. The topological polar surface area (TPSA) is 0 Å². The third-order valence-electron chi connectivity index (χ3n) is 4.27. The van der Waals surface area contributed by atoms with Crippen LogP contribution in [0.1, 0.15) is 0 Å². The van der Waals surface area contributed by atoms with Crippen LogP contribution in [-0.4, -0.2) is 30.9 Å². The lowest BCUT2D eigenvalue weighted by atomic mass is 11.6. The minimum atomic E-state index is -1.35. The Kier molecular flexibility index (Phi) is 5.09. The first kappa shape index (κ1) is 18.3. The van der Waals surface area contributed by atoms with Crippen molar-refractivity contribution in [3.8, 4) is 0 Å². The van der Waals surface area contributed by atoms with Crippen molar-refractivity contribution in [1.29, 1.82) is 0 Å². The zero-order valence-corrected chi connectivity index (χ0v) is 19.5. The van der Waals surface area contributed by atoms with Gasteiger partial charge in [-0.15, -0.1) is 15.3 Å². The summed E-state index contributed by atoms with van der Waals surface area (Å²) in [6, 6.07) is 0. The van der Waals surface area contributed by atoms with Gasteiger partial charge in [0.2, 0.25) is 0 Å². The fourth-order valence-corrected chi connectivity index (χ4v) is 70.5. The van der Waals surface area contributed by atoms with Gasteiger partial charge in [0.25, 0.3) is 0 Å². The minimum Gasteiger partial charge on any atom is -0.127 e. The van der Waals surface area contributed by atoms with E-state index >= 15 is 0 Å². The molecule has 0 saturated heterocycles. The van der Waals surface area contributed by atoms with Crippen LogP contribution in [0.3, 0.4) is 0 Å².